The number of hydrogen-bond acceptors (Lipinski definition) is 4. The molecular formula is C14H30IN5O3S. The highest BCUT2D eigenvalue weighted by molar-refractivity contribution is 14.0. The number of nitrogens with zero attached hydrogens (tertiary/aromatic N) is 2. The first-order valence-corrected chi connectivity index (χ1v) is 9.69. The fraction of sp³-hybridized carbons (Fsp3) is 0.857. The standard InChI is InChI=1S/C14H29N5O3S.HI/c1-6-12(20)19-8-7-11(9-19)17-13(15-4)16-10-14(2,3)18-23(5,21)22;/h11,18H,6-10H2,1-5H3,(H2,15,16,17);1H. The third kappa shape index (κ3) is 8.47. The van der Waals surface area contributed by atoms with Crippen molar-refractivity contribution in [2.45, 2.75) is 45.2 Å². The first-order valence-electron chi connectivity index (χ1n) is 7.80. The minimum absolute atomic E-state index is 0. The molecule has 1 amide bonds. The SMILES string of the molecule is CCC(=O)N1CCC(NC(=NC)NCC(C)(C)NS(C)(=O)=O)C1.I. The zero-order valence-corrected chi connectivity index (χ0v) is 18.2. The van der Waals surface area contributed by atoms with Crippen molar-refractivity contribution >= 4 is 45.9 Å². The number of carbonyl (C=O) groups excluding carboxylic acids is 1. The van der Waals surface area contributed by atoms with E-state index >= 15 is 0 Å². The number of likely N-dealkylation sites (tertiary alicyclic amines) is 1. The molecule has 0 radical (unpaired) electrons. The van der Waals surface area contributed by atoms with Crippen LogP contribution in [0.3, 0.4) is 0 Å². The van der Waals surface area contributed by atoms with Crippen molar-refractivity contribution in [3.63, 3.8) is 0 Å². The molecule has 1 fully saturated rings. The molecule has 0 aliphatic carbocycles. The summed E-state index contributed by atoms with van der Waals surface area (Å²) in [6.45, 7) is 7.27. The topological polar surface area (TPSA) is 103 Å². The summed E-state index contributed by atoms with van der Waals surface area (Å²) in [7, 11) is -1.61. The Balaban J connectivity index is 0.00000529. The third-order valence-electron chi connectivity index (χ3n) is 3.57. The molecule has 0 spiro atoms. The van der Waals surface area contributed by atoms with Crippen LogP contribution in [0, 0.1) is 0 Å². The van der Waals surface area contributed by atoms with E-state index in [1.54, 1.807) is 20.9 Å². The number of hydrogen-bond donors (Lipinski definition) is 3. The van der Waals surface area contributed by atoms with Gasteiger partial charge >= 0.3 is 0 Å². The molecule has 10 heteroatoms. The lowest BCUT2D eigenvalue weighted by Crippen LogP contribution is -2.54. The van der Waals surface area contributed by atoms with Crippen LogP contribution in [0.1, 0.15) is 33.6 Å². The normalized spacial score (nSPS) is 19.0. The average Bonchev–Trinajstić information content (AvgIpc) is 2.88. The first-order chi connectivity index (χ1) is 10.6. The maximum atomic E-state index is 11.7. The van der Waals surface area contributed by atoms with Gasteiger partial charge in [-0.1, -0.05) is 6.92 Å². The van der Waals surface area contributed by atoms with Crippen molar-refractivity contribution in [3.05, 3.63) is 0 Å². The molecule has 8 nitrogen and oxygen atoms in total. The highest BCUT2D eigenvalue weighted by Crippen LogP contribution is 2.10. The van der Waals surface area contributed by atoms with Crippen molar-refractivity contribution in [1.29, 1.82) is 0 Å². The smallest absolute Gasteiger partial charge is 0.222 e. The Labute approximate surface area is 162 Å². The van der Waals surface area contributed by atoms with E-state index in [-0.39, 0.29) is 35.9 Å². The summed E-state index contributed by atoms with van der Waals surface area (Å²) < 4.78 is 25.3. The molecule has 1 unspecified atom stereocenters. The number of rotatable bonds is 6. The summed E-state index contributed by atoms with van der Waals surface area (Å²) in [6.07, 6.45) is 2.53. The van der Waals surface area contributed by atoms with Crippen LogP contribution in [0.2, 0.25) is 0 Å². The van der Waals surface area contributed by atoms with Crippen LogP contribution in [0.25, 0.3) is 0 Å². The summed E-state index contributed by atoms with van der Waals surface area (Å²) in [5, 5.41) is 6.40. The van der Waals surface area contributed by atoms with Gasteiger partial charge in [0, 0.05) is 44.7 Å². The molecule has 1 aliphatic heterocycles. The van der Waals surface area contributed by atoms with Crippen molar-refractivity contribution < 1.29 is 13.2 Å². The molecule has 142 valence electrons. The molecule has 0 aromatic rings. The Hall–Kier alpha value is -0.620. The highest BCUT2D eigenvalue weighted by Gasteiger charge is 2.27. The molecule has 0 saturated carbocycles. The van der Waals surface area contributed by atoms with Crippen LogP contribution < -0.4 is 15.4 Å². The van der Waals surface area contributed by atoms with Gasteiger partial charge in [-0.2, -0.15) is 0 Å². The molecule has 1 aliphatic rings. The highest BCUT2D eigenvalue weighted by atomic mass is 127. The Kier molecular flexibility index (Phi) is 9.51. The zero-order chi connectivity index (χ0) is 17.7. The van der Waals surface area contributed by atoms with Crippen molar-refractivity contribution in [1.82, 2.24) is 20.3 Å². The number of halogens is 1. The van der Waals surface area contributed by atoms with Crippen LogP contribution >= 0.6 is 24.0 Å². The monoisotopic (exact) mass is 475 g/mol. The first kappa shape index (κ1) is 23.4. The van der Waals surface area contributed by atoms with E-state index < -0.39 is 15.6 Å². The Morgan fingerprint density at radius 1 is 1.38 bits per heavy atom. The second-order valence-corrected chi connectivity index (χ2v) is 8.26. The van der Waals surface area contributed by atoms with E-state index in [9.17, 15) is 13.2 Å². The van der Waals surface area contributed by atoms with E-state index in [1.165, 1.54) is 0 Å². The minimum atomic E-state index is -3.27. The molecule has 0 bridgehead atoms. The zero-order valence-electron chi connectivity index (χ0n) is 15.0. The maximum Gasteiger partial charge on any atom is 0.222 e. The number of guanidine groups is 1. The van der Waals surface area contributed by atoms with Crippen LogP contribution in [-0.2, 0) is 14.8 Å². The molecule has 0 aromatic carbocycles. The molecule has 24 heavy (non-hydrogen) atoms. The molecule has 3 N–H and O–H groups in total. The van der Waals surface area contributed by atoms with Gasteiger partial charge in [-0.15, -0.1) is 24.0 Å². The Morgan fingerprint density at radius 3 is 2.50 bits per heavy atom. The third-order valence-corrected chi connectivity index (χ3v) is 4.49. The molecular weight excluding hydrogens is 445 g/mol. The van der Waals surface area contributed by atoms with Gasteiger partial charge < -0.3 is 15.5 Å². The van der Waals surface area contributed by atoms with E-state index in [0.717, 1.165) is 19.2 Å². The second-order valence-electron chi connectivity index (χ2n) is 6.51. The summed E-state index contributed by atoms with van der Waals surface area (Å²) in [4.78, 5) is 17.7. The summed E-state index contributed by atoms with van der Waals surface area (Å²) >= 11 is 0. The largest absolute Gasteiger partial charge is 0.355 e. The van der Waals surface area contributed by atoms with Gasteiger partial charge in [-0.25, -0.2) is 13.1 Å². The number of carbonyl (C=O) groups is 1. The van der Waals surface area contributed by atoms with E-state index in [2.05, 4.69) is 20.3 Å². The fourth-order valence-electron chi connectivity index (χ4n) is 2.56. The molecule has 1 heterocycles. The van der Waals surface area contributed by atoms with Gasteiger partial charge in [0.15, 0.2) is 5.96 Å². The van der Waals surface area contributed by atoms with E-state index in [0.29, 0.717) is 25.5 Å². The van der Waals surface area contributed by atoms with Crippen molar-refractivity contribution in [3.8, 4) is 0 Å². The van der Waals surface area contributed by atoms with Crippen molar-refractivity contribution in [2.75, 3.05) is 32.9 Å². The van der Waals surface area contributed by atoms with E-state index in [4.69, 9.17) is 0 Å². The maximum absolute atomic E-state index is 11.7. The number of amides is 1. The number of nitrogens with one attached hydrogen (secondary N) is 3. The quantitative estimate of drug-likeness (QED) is 0.288. The second kappa shape index (κ2) is 9.76. The van der Waals surface area contributed by atoms with E-state index in [1.807, 2.05) is 11.8 Å². The lowest BCUT2D eigenvalue weighted by molar-refractivity contribution is -0.129. The van der Waals surface area contributed by atoms with Crippen LogP contribution in [-0.4, -0.2) is 69.7 Å². The van der Waals surface area contributed by atoms with Gasteiger partial charge in [0.05, 0.1) is 6.26 Å². The molecule has 1 rings (SSSR count). The Morgan fingerprint density at radius 2 is 2.00 bits per heavy atom. The summed E-state index contributed by atoms with van der Waals surface area (Å²) in [5.41, 5.74) is -0.634. The minimum Gasteiger partial charge on any atom is -0.355 e. The fourth-order valence-corrected chi connectivity index (χ4v) is 3.63. The van der Waals surface area contributed by atoms with Gasteiger partial charge in [-0.05, 0) is 20.3 Å². The molecule has 1 saturated heterocycles. The van der Waals surface area contributed by atoms with Crippen LogP contribution in [0.4, 0.5) is 0 Å². The lowest BCUT2D eigenvalue weighted by Gasteiger charge is -2.27. The van der Waals surface area contributed by atoms with Gasteiger partial charge in [0.25, 0.3) is 0 Å². The predicted octanol–water partition coefficient (Wildman–Crippen LogP) is 0.108. The van der Waals surface area contributed by atoms with Crippen molar-refractivity contribution in [2.24, 2.45) is 4.99 Å². The predicted molar refractivity (Wildman–Crippen MR) is 107 cm³/mol. The van der Waals surface area contributed by atoms with Crippen LogP contribution in [0.5, 0.6) is 0 Å². The molecule has 0 aromatic heterocycles. The average molecular weight is 475 g/mol. The number of aliphatic imine (C=N–C) groups is 1. The summed E-state index contributed by atoms with van der Waals surface area (Å²) in [5.74, 6) is 0.764. The molecule has 1 atom stereocenters. The summed E-state index contributed by atoms with van der Waals surface area (Å²) in [6, 6.07) is 0.155. The van der Waals surface area contributed by atoms with Gasteiger partial charge in [0.1, 0.15) is 0 Å². The van der Waals surface area contributed by atoms with Crippen LogP contribution in [0.15, 0.2) is 4.99 Å². The van der Waals surface area contributed by atoms with Gasteiger partial charge in [-0.3, -0.25) is 9.79 Å². The van der Waals surface area contributed by atoms with Gasteiger partial charge in [0.2, 0.25) is 15.9 Å². The lowest BCUT2D eigenvalue weighted by atomic mass is 10.1. The number of sulfonamides is 1. The Bertz CT molecular complexity index is 551.